The Bertz CT molecular complexity index is 708. The summed E-state index contributed by atoms with van der Waals surface area (Å²) in [5, 5.41) is 0. The molecule has 0 spiro atoms. The average Bonchev–Trinajstić information content (AvgIpc) is 3.06. The van der Waals surface area contributed by atoms with Gasteiger partial charge in [0.1, 0.15) is 5.56 Å². The number of aromatic nitrogens is 1. The molecule has 2 fully saturated rings. The van der Waals surface area contributed by atoms with Gasteiger partial charge in [0.25, 0.3) is 11.5 Å². The van der Waals surface area contributed by atoms with Gasteiger partial charge in [-0.3, -0.25) is 9.59 Å². The minimum atomic E-state index is -0.693. The monoisotopic (exact) mass is 314 g/mol. The molecule has 2 unspecified atom stereocenters. The number of fused-ring (bicyclic) bond motifs is 1. The maximum atomic E-state index is 11.6. The quantitative estimate of drug-likeness (QED) is 0.810. The lowest BCUT2D eigenvalue weighted by atomic mass is 10.0. The van der Waals surface area contributed by atoms with Gasteiger partial charge in [-0.05, 0) is 19.1 Å². The number of hydrogen-bond donors (Lipinski definition) is 2. The maximum absolute atomic E-state index is 11.6. The molecular formula is C17H22N4O2. The molecule has 0 bridgehead atoms. The first-order valence-corrected chi connectivity index (χ1v) is 7.83. The molecule has 2 atom stereocenters. The van der Waals surface area contributed by atoms with E-state index in [9.17, 15) is 9.59 Å². The number of H-pyrrole nitrogens is 1. The fourth-order valence-electron chi connectivity index (χ4n) is 3.57. The van der Waals surface area contributed by atoms with Gasteiger partial charge in [-0.2, -0.15) is 0 Å². The predicted octanol–water partition coefficient (Wildman–Crippen LogP) is 0.932. The Kier molecular flexibility index (Phi) is 3.98. The van der Waals surface area contributed by atoms with E-state index >= 15 is 0 Å². The lowest BCUT2D eigenvalue weighted by Gasteiger charge is -2.24. The summed E-state index contributed by atoms with van der Waals surface area (Å²) in [6.45, 7) is 9.92. The van der Waals surface area contributed by atoms with Crippen LogP contribution < -0.4 is 16.2 Å². The standard InChI is InChI=1S/C17H22N4O2/c1-3-4-11(2)20-7-12-9-21(10-13(12)8-20)14-5-15(16(18)22)17(23)19-6-14/h3-6,12-13H,2,7-10H2,1H3,(H2,18,22)(H,19,23)/b4-3+. The van der Waals surface area contributed by atoms with Gasteiger partial charge in [0, 0.05) is 49.9 Å². The zero-order chi connectivity index (χ0) is 16.6. The highest BCUT2D eigenvalue weighted by Crippen LogP contribution is 2.35. The molecule has 2 saturated heterocycles. The fraction of sp³-hybridized carbons (Fsp3) is 0.412. The van der Waals surface area contributed by atoms with E-state index in [2.05, 4.69) is 21.4 Å². The zero-order valence-electron chi connectivity index (χ0n) is 13.3. The average molecular weight is 314 g/mol. The van der Waals surface area contributed by atoms with E-state index in [-0.39, 0.29) is 5.56 Å². The molecule has 3 N–H and O–H groups in total. The number of nitrogens with one attached hydrogen (secondary N) is 1. The second kappa shape index (κ2) is 5.95. The Hall–Kier alpha value is -2.50. The third-order valence-electron chi connectivity index (χ3n) is 4.77. The lowest BCUT2D eigenvalue weighted by molar-refractivity contribution is 0.0999. The van der Waals surface area contributed by atoms with Crippen molar-refractivity contribution in [3.8, 4) is 0 Å². The van der Waals surface area contributed by atoms with Crippen molar-refractivity contribution in [1.29, 1.82) is 0 Å². The molecule has 0 saturated carbocycles. The van der Waals surface area contributed by atoms with Gasteiger partial charge in [0.2, 0.25) is 0 Å². The summed E-state index contributed by atoms with van der Waals surface area (Å²) in [6, 6.07) is 1.60. The minimum Gasteiger partial charge on any atom is -0.371 e. The Labute approximate surface area is 135 Å². The summed E-state index contributed by atoms with van der Waals surface area (Å²) in [4.78, 5) is 30.1. The van der Waals surface area contributed by atoms with Gasteiger partial charge in [-0.1, -0.05) is 12.7 Å². The molecule has 122 valence electrons. The van der Waals surface area contributed by atoms with Crippen LogP contribution in [0.4, 0.5) is 5.69 Å². The second-order valence-corrected chi connectivity index (χ2v) is 6.29. The Balaban J connectivity index is 1.71. The Morgan fingerprint density at radius 3 is 2.57 bits per heavy atom. The van der Waals surface area contributed by atoms with E-state index < -0.39 is 11.5 Å². The van der Waals surface area contributed by atoms with Crippen molar-refractivity contribution in [2.45, 2.75) is 6.92 Å². The number of anilines is 1. The molecule has 23 heavy (non-hydrogen) atoms. The summed E-state index contributed by atoms with van der Waals surface area (Å²) in [6.07, 6.45) is 5.71. The normalized spacial score (nSPS) is 23.5. The molecule has 2 aliphatic rings. The van der Waals surface area contributed by atoms with Gasteiger partial charge in [0.15, 0.2) is 0 Å². The van der Waals surface area contributed by atoms with E-state index in [0.717, 1.165) is 37.6 Å². The number of pyridine rings is 1. The first-order valence-electron chi connectivity index (χ1n) is 7.83. The van der Waals surface area contributed by atoms with Gasteiger partial charge >= 0.3 is 0 Å². The molecule has 1 aromatic rings. The smallest absolute Gasteiger partial charge is 0.260 e. The van der Waals surface area contributed by atoms with Crippen molar-refractivity contribution in [2.24, 2.45) is 17.6 Å². The number of allylic oxidation sites excluding steroid dienone is 2. The van der Waals surface area contributed by atoms with E-state index in [4.69, 9.17) is 5.73 Å². The molecule has 0 aliphatic carbocycles. The van der Waals surface area contributed by atoms with Gasteiger partial charge < -0.3 is 20.5 Å². The molecular weight excluding hydrogens is 292 g/mol. The summed E-state index contributed by atoms with van der Waals surface area (Å²) in [5.74, 6) is 0.447. The molecule has 6 nitrogen and oxygen atoms in total. The number of aromatic amines is 1. The third-order valence-corrected chi connectivity index (χ3v) is 4.77. The number of nitrogens with two attached hydrogens (primary N) is 1. The number of amides is 1. The SMILES string of the molecule is C=C(/C=C/C)N1CC2CN(c3c[nH]c(=O)c(C(N)=O)c3)CC2C1. The number of hydrogen-bond acceptors (Lipinski definition) is 4. The molecule has 3 heterocycles. The molecule has 3 rings (SSSR count). The first kappa shape index (κ1) is 15.4. The van der Waals surface area contributed by atoms with Gasteiger partial charge in [0.05, 0.1) is 5.69 Å². The van der Waals surface area contributed by atoms with E-state index in [0.29, 0.717) is 11.8 Å². The Morgan fingerprint density at radius 2 is 2.00 bits per heavy atom. The number of primary amides is 1. The van der Waals surface area contributed by atoms with Crippen LogP contribution in [0.1, 0.15) is 17.3 Å². The van der Waals surface area contributed by atoms with Crippen molar-refractivity contribution in [1.82, 2.24) is 9.88 Å². The lowest BCUT2D eigenvalue weighted by Crippen LogP contribution is -2.29. The topological polar surface area (TPSA) is 82.4 Å². The molecule has 1 amide bonds. The van der Waals surface area contributed by atoms with Gasteiger partial charge in [-0.15, -0.1) is 0 Å². The van der Waals surface area contributed by atoms with Crippen LogP contribution in [0, 0.1) is 11.8 Å². The second-order valence-electron chi connectivity index (χ2n) is 6.29. The highest BCUT2D eigenvalue weighted by molar-refractivity contribution is 5.93. The van der Waals surface area contributed by atoms with Gasteiger partial charge in [-0.25, -0.2) is 0 Å². The summed E-state index contributed by atoms with van der Waals surface area (Å²) in [5.41, 5.74) is 6.75. The fourth-order valence-corrected chi connectivity index (χ4v) is 3.57. The molecule has 2 aliphatic heterocycles. The zero-order valence-corrected chi connectivity index (χ0v) is 13.3. The van der Waals surface area contributed by atoms with E-state index in [1.165, 1.54) is 0 Å². The molecule has 0 aromatic carbocycles. The van der Waals surface area contributed by atoms with Crippen molar-refractivity contribution < 1.29 is 4.79 Å². The van der Waals surface area contributed by atoms with Crippen LogP contribution >= 0.6 is 0 Å². The maximum Gasteiger partial charge on any atom is 0.260 e. The highest BCUT2D eigenvalue weighted by atomic mass is 16.2. The molecule has 0 radical (unpaired) electrons. The number of rotatable bonds is 4. The third kappa shape index (κ3) is 2.88. The van der Waals surface area contributed by atoms with Crippen molar-refractivity contribution >= 4 is 11.6 Å². The molecule has 6 heteroatoms. The van der Waals surface area contributed by atoms with Crippen LogP contribution in [0.2, 0.25) is 0 Å². The van der Waals surface area contributed by atoms with Crippen LogP contribution in [0.5, 0.6) is 0 Å². The van der Waals surface area contributed by atoms with Crippen molar-refractivity contribution in [2.75, 3.05) is 31.1 Å². The van der Waals surface area contributed by atoms with E-state index in [1.54, 1.807) is 12.3 Å². The van der Waals surface area contributed by atoms with Crippen molar-refractivity contribution in [3.63, 3.8) is 0 Å². The van der Waals surface area contributed by atoms with Crippen LogP contribution in [-0.2, 0) is 0 Å². The molecule has 1 aromatic heterocycles. The van der Waals surface area contributed by atoms with Crippen LogP contribution in [-0.4, -0.2) is 42.0 Å². The first-order chi connectivity index (χ1) is 11.0. The summed E-state index contributed by atoms with van der Waals surface area (Å²) >= 11 is 0. The number of likely N-dealkylation sites (tertiary alicyclic amines) is 1. The van der Waals surface area contributed by atoms with E-state index in [1.807, 2.05) is 19.1 Å². The predicted molar refractivity (Wildman–Crippen MR) is 90.3 cm³/mol. The highest BCUT2D eigenvalue weighted by Gasteiger charge is 2.40. The van der Waals surface area contributed by atoms with Crippen LogP contribution in [0.15, 0.2) is 41.5 Å². The largest absolute Gasteiger partial charge is 0.371 e. The minimum absolute atomic E-state index is 0.0163. The summed E-state index contributed by atoms with van der Waals surface area (Å²) in [7, 11) is 0. The van der Waals surface area contributed by atoms with Crippen LogP contribution in [0.3, 0.4) is 0 Å². The number of nitrogens with zero attached hydrogens (tertiary/aromatic N) is 2. The number of carbonyl (C=O) groups excluding carboxylic acids is 1. The number of carbonyl (C=O) groups is 1. The summed E-state index contributed by atoms with van der Waals surface area (Å²) < 4.78 is 0. The Morgan fingerprint density at radius 1 is 1.35 bits per heavy atom. The van der Waals surface area contributed by atoms with Crippen LogP contribution in [0.25, 0.3) is 0 Å². The van der Waals surface area contributed by atoms with Crippen molar-refractivity contribution in [3.05, 3.63) is 52.6 Å².